The van der Waals surface area contributed by atoms with Gasteiger partial charge in [-0.25, -0.2) is 9.59 Å². The maximum Gasteiger partial charge on any atom is 0.490 e. The number of rotatable bonds is 4. The number of urea groups is 1. The van der Waals surface area contributed by atoms with Crippen LogP contribution in [0.3, 0.4) is 0 Å². The Hall–Kier alpha value is -3.63. The van der Waals surface area contributed by atoms with E-state index in [2.05, 4.69) is 10.3 Å². The van der Waals surface area contributed by atoms with E-state index in [9.17, 15) is 22.8 Å². The van der Waals surface area contributed by atoms with E-state index in [0.29, 0.717) is 0 Å². The lowest BCUT2D eigenvalue weighted by molar-refractivity contribution is -0.192. The van der Waals surface area contributed by atoms with Crippen LogP contribution in [0.5, 0.6) is 0 Å². The molecule has 3 rings (SSSR count). The van der Waals surface area contributed by atoms with Crippen LogP contribution in [0.2, 0.25) is 0 Å². The third kappa shape index (κ3) is 5.50. The van der Waals surface area contributed by atoms with E-state index in [1.54, 1.807) is 31.5 Å². The number of imide groups is 1. The zero-order valence-electron chi connectivity index (χ0n) is 17.0. The Balaban J connectivity index is 0.000000423. The highest BCUT2D eigenvalue weighted by Crippen LogP contribution is 2.30. The monoisotopic (exact) mass is 438 g/mol. The Morgan fingerprint density at radius 3 is 2.10 bits per heavy atom. The highest BCUT2D eigenvalue weighted by molar-refractivity contribution is 6.07. The van der Waals surface area contributed by atoms with Gasteiger partial charge in [0.2, 0.25) is 0 Å². The molecule has 0 aliphatic carbocycles. The molecule has 8 nitrogen and oxygen atoms in total. The van der Waals surface area contributed by atoms with Crippen molar-refractivity contribution in [1.82, 2.24) is 15.2 Å². The normalized spacial score (nSPS) is 18.2. The van der Waals surface area contributed by atoms with Gasteiger partial charge in [0.1, 0.15) is 5.54 Å². The Morgan fingerprint density at radius 1 is 1.13 bits per heavy atom. The van der Waals surface area contributed by atoms with Crippen LogP contribution >= 0.6 is 0 Å². The molecule has 11 heteroatoms. The van der Waals surface area contributed by atoms with E-state index in [1.807, 2.05) is 43.3 Å². The van der Waals surface area contributed by atoms with Crippen molar-refractivity contribution < 1.29 is 32.7 Å². The number of nitrogens with one attached hydrogen (secondary N) is 1. The van der Waals surface area contributed by atoms with E-state index in [-0.39, 0.29) is 18.5 Å². The van der Waals surface area contributed by atoms with Gasteiger partial charge in [0, 0.05) is 32.2 Å². The summed E-state index contributed by atoms with van der Waals surface area (Å²) in [4.78, 5) is 41.3. The minimum atomic E-state index is -5.08. The number of hydrogen-bond acceptors (Lipinski definition) is 5. The fraction of sp³-hybridized carbons (Fsp3) is 0.300. The molecule has 2 N–H and O–H groups in total. The van der Waals surface area contributed by atoms with Gasteiger partial charge in [0.05, 0.1) is 6.54 Å². The number of carbonyl (C=O) groups is 3. The third-order valence-corrected chi connectivity index (χ3v) is 4.57. The van der Waals surface area contributed by atoms with E-state index in [1.165, 1.54) is 4.90 Å². The summed E-state index contributed by atoms with van der Waals surface area (Å²) < 4.78 is 31.7. The van der Waals surface area contributed by atoms with Crippen molar-refractivity contribution in [1.29, 1.82) is 0 Å². The number of aliphatic carboxylic acids is 1. The van der Waals surface area contributed by atoms with Crippen LogP contribution in [0.15, 0.2) is 48.8 Å². The van der Waals surface area contributed by atoms with Gasteiger partial charge < -0.3 is 15.3 Å². The van der Waals surface area contributed by atoms with Crippen molar-refractivity contribution >= 4 is 23.6 Å². The second-order valence-corrected chi connectivity index (χ2v) is 7.05. The summed E-state index contributed by atoms with van der Waals surface area (Å²) in [6.45, 7) is 1.98. The second kappa shape index (κ2) is 9.02. The van der Waals surface area contributed by atoms with Crippen molar-refractivity contribution in [2.24, 2.45) is 0 Å². The number of nitrogens with zero attached hydrogens (tertiary/aromatic N) is 3. The first-order valence-corrected chi connectivity index (χ1v) is 8.97. The minimum Gasteiger partial charge on any atom is -0.475 e. The Morgan fingerprint density at radius 2 is 1.65 bits per heavy atom. The number of carbonyl (C=O) groups excluding carboxylic acids is 2. The SMILES string of the molecule is CN(C)c1ccc(C2(C)NC(=O)N(Cc3ccncc3)C2=O)cc1.O=C(O)C(F)(F)F. The molecule has 166 valence electrons. The molecule has 1 aromatic heterocycles. The molecule has 1 aromatic carbocycles. The second-order valence-electron chi connectivity index (χ2n) is 7.05. The number of pyridine rings is 1. The van der Waals surface area contributed by atoms with Crippen LogP contribution < -0.4 is 10.2 Å². The average molecular weight is 438 g/mol. The number of amides is 3. The zero-order chi connectivity index (χ0) is 23.4. The maximum absolute atomic E-state index is 12.9. The standard InChI is InChI=1S/C18H20N4O2.C2HF3O2/c1-18(14-4-6-15(7-5-14)21(2)3)16(23)22(17(24)20-18)12-13-8-10-19-11-9-13;3-2(4,5)1(6)7/h4-11H,12H2,1-3H3,(H,20,24);(H,6,7). The van der Waals surface area contributed by atoms with Crippen molar-refractivity contribution in [3.8, 4) is 0 Å². The third-order valence-electron chi connectivity index (χ3n) is 4.57. The molecular weight excluding hydrogens is 417 g/mol. The summed E-state index contributed by atoms with van der Waals surface area (Å²) in [5.41, 5.74) is 1.62. The lowest BCUT2D eigenvalue weighted by Gasteiger charge is -2.23. The summed E-state index contributed by atoms with van der Waals surface area (Å²) >= 11 is 0. The number of hydrogen-bond donors (Lipinski definition) is 2. The lowest BCUT2D eigenvalue weighted by Crippen LogP contribution is -2.40. The Kier molecular flexibility index (Phi) is 6.88. The van der Waals surface area contributed by atoms with E-state index < -0.39 is 17.7 Å². The molecule has 1 unspecified atom stereocenters. The number of anilines is 1. The average Bonchev–Trinajstić information content (AvgIpc) is 2.92. The van der Waals surface area contributed by atoms with Gasteiger partial charge in [-0.1, -0.05) is 12.1 Å². The minimum absolute atomic E-state index is 0.235. The molecule has 2 aromatic rings. The first-order chi connectivity index (χ1) is 14.4. The number of alkyl halides is 3. The maximum atomic E-state index is 12.9. The van der Waals surface area contributed by atoms with Crippen LogP contribution in [0.25, 0.3) is 0 Å². The molecule has 1 aliphatic rings. The van der Waals surface area contributed by atoms with Crippen molar-refractivity contribution in [2.75, 3.05) is 19.0 Å². The predicted molar refractivity (Wildman–Crippen MR) is 105 cm³/mol. The van der Waals surface area contributed by atoms with Gasteiger partial charge in [0.15, 0.2) is 0 Å². The highest BCUT2D eigenvalue weighted by Gasteiger charge is 2.48. The van der Waals surface area contributed by atoms with Gasteiger partial charge in [-0.2, -0.15) is 13.2 Å². The zero-order valence-corrected chi connectivity index (χ0v) is 17.0. The quantitative estimate of drug-likeness (QED) is 0.712. The highest BCUT2D eigenvalue weighted by atomic mass is 19.4. The summed E-state index contributed by atoms with van der Waals surface area (Å²) in [6.07, 6.45) is -1.79. The largest absolute Gasteiger partial charge is 0.490 e. The van der Waals surface area contributed by atoms with Crippen LogP contribution in [0.1, 0.15) is 18.1 Å². The van der Waals surface area contributed by atoms with Crippen LogP contribution in [0.4, 0.5) is 23.7 Å². The van der Waals surface area contributed by atoms with Crippen LogP contribution in [-0.2, 0) is 21.7 Å². The molecule has 0 spiro atoms. The Labute approximate surface area is 176 Å². The van der Waals surface area contributed by atoms with Crippen molar-refractivity contribution in [2.45, 2.75) is 25.2 Å². The molecule has 0 saturated carbocycles. The lowest BCUT2D eigenvalue weighted by atomic mass is 9.91. The number of benzene rings is 1. The first-order valence-electron chi connectivity index (χ1n) is 8.97. The smallest absolute Gasteiger partial charge is 0.475 e. The van der Waals surface area contributed by atoms with Gasteiger partial charge in [-0.3, -0.25) is 14.7 Å². The molecule has 1 atom stereocenters. The molecule has 2 heterocycles. The van der Waals surface area contributed by atoms with Crippen LogP contribution in [0, 0.1) is 0 Å². The van der Waals surface area contributed by atoms with E-state index in [4.69, 9.17) is 9.90 Å². The topological polar surface area (TPSA) is 103 Å². The molecular formula is C20H21F3N4O4. The number of aromatic nitrogens is 1. The number of carboxylic acids is 1. The predicted octanol–water partition coefficient (Wildman–Crippen LogP) is 2.75. The molecule has 3 amide bonds. The number of carboxylic acid groups (broad SMARTS) is 1. The summed E-state index contributed by atoms with van der Waals surface area (Å²) in [7, 11) is 3.91. The van der Waals surface area contributed by atoms with Crippen molar-refractivity contribution in [3.05, 3.63) is 59.9 Å². The van der Waals surface area contributed by atoms with Gasteiger partial charge >= 0.3 is 18.2 Å². The first kappa shape index (κ1) is 23.6. The molecule has 0 bridgehead atoms. The summed E-state index contributed by atoms with van der Waals surface area (Å²) in [6, 6.07) is 10.8. The Bertz CT molecular complexity index is 949. The van der Waals surface area contributed by atoms with Crippen molar-refractivity contribution in [3.63, 3.8) is 0 Å². The van der Waals surface area contributed by atoms with Gasteiger partial charge in [-0.15, -0.1) is 0 Å². The number of halogens is 3. The van der Waals surface area contributed by atoms with Crippen LogP contribution in [-0.4, -0.2) is 53.2 Å². The summed E-state index contributed by atoms with van der Waals surface area (Å²) in [5.74, 6) is -3.01. The van der Waals surface area contributed by atoms with E-state index in [0.717, 1.165) is 16.8 Å². The van der Waals surface area contributed by atoms with Gasteiger partial charge in [0.25, 0.3) is 5.91 Å². The molecule has 1 aliphatic heterocycles. The molecule has 31 heavy (non-hydrogen) atoms. The fourth-order valence-corrected chi connectivity index (χ4v) is 2.80. The summed E-state index contributed by atoms with van der Waals surface area (Å²) in [5, 5.41) is 9.95. The molecule has 1 fully saturated rings. The molecule has 0 radical (unpaired) electrons. The fourth-order valence-electron chi connectivity index (χ4n) is 2.80. The van der Waals surface area contributed by atoms with E-state index >= 15 is 0 Å². The molecule has 1 saturated heterocycles. The van der Waals surface area contributed by atoms with Gasteiger partial charge in [-0.05, 0) is 42.3 Å².